The van der Waals surface area contributed by atoms with Gasteiger partial charge in [-0.3, -0.25) is 4.79 Å². The van der Waals surface area contributed by atoms with Crippen molar-refractivity contribution in [2.75, 3.05) is 24.6 Å². The fourth-order valence-corrected chi connectivity index (χ4v) is 4.42. The molecule has 0 spiro atoms. The third-order valence-corrected chi connectivity index (χ3v) is 6.34. The molecular formula is C21H24Cl2N2O2. The number of benzene rings is 1. The van der Waals surface area contributed by atoms with Crippen LogP contribution in [-0.4, -0.2) is 24.3 Å². The number of rotatable bonds is 7. The predicted molar refractivity (Wildman–Crippen MR) is 110 cm³/mol. The van der Waals surface area contributed by atoms with Crippen LogP contribution < -0.4 is 15.2 Å². The smallest absolute Gasteiger partial charge is 0.252 e. The van der Waals surface area contributed by atoms with Gasteiger partial charge in [-0.1, -0.05) is 36.5 Å². The lowest BCUT2D eigenvalue weighted by atomic mass is 10.2. The molecule has 0 N–H and O–H groups in total. The van der Waals surface area contributed by atoms with Crippen molar-refractivity contribution in [2.24, 2.45) is 17.8 Å². The normalized spacial score (nSPS) is 23.4. The van der Waals surface area contributed by atoms with Crippen molar-refractivity contribution in [3.05, 3.63) is 56.9 Å². The van der Waals surface area contributed by atoms with E-state index in [4.69, 9.17) is 27.9 Å². The van der Waals surface area contributed by atoms with Crippen LogP contribution in [0.5, 0.6) is 5.75 Å². The number of pyridine rings is 1. The average Bonchev–Trinajstić information content (AvgIpc) is 3.10. The highest BCUT2D eigenvalue weighted by atomic mass is 35.5. The number of hydrogen-bond donors (Lipinski definition) is 0. The van der Waals surface area contributed by atoms with Gasteiger partial charge < -0.3 is 14.2 Å². The van der Waals surface area contributed by atoms with E-state index in [-0.39, 0.29) is 5.56 Å². The number of aryl methyl sites for hydroxylation is 1. The minimum atomic E-state index is 0.0944. The van der Waals surface area contributed by atoms with Gasteiger partial charge in [-0.2, -0.15) is 0 Å². The molecule has 27 heavy (non-hydrogen) atoms. The van der Waals surface area contributed by atoms with Crippen LogP contribution in [0.4, 0.5) is 5.69 Å². The fraction of sp³-hybridized carbons (Fsp3) is 0.476. The van der Waals surface area contributed by atoms with Crippen LogP contribution in [0, 0.1) is 17.8 Å². The Labute approximate surface area is 169 Å². The Morgan fingerprint density at radius 1 is 1.15 bits per heavy atom. The van der Waals surface area contributed by atoms with E-state index in [1.165, 1.54) is 0 Å². The molecule has 144 valence electrons. The quantitative estimate of drug-likeness (QED) is 0.667. The van der Waals surface area contributed by atoms with Crippen molar-refractivity contribution in [2.45, 2.75) is 26.3 Å². The molecule has 1 aromatic heterocycles. The first-order chi connectivity index (χ1) is 13.1. The molecule has 0 amide bonds. The summed E-state index contributed by atoms with van der Waals surface area (Å²) in [5, 5.41) is 1.22. The summed E-state index contributed by atoms with van der Waals surface area (Å²) in [4.78, 5) is 14.6. The number of ether oxygens (including phenoxy) is 1. The van der Waals surface area contributed by atoms with Gasteiger partial charge in [-0.25, -0.2) is 0 Å². The molecule has 4 rings (SSSR count). The van der Waals surface area contributed by atoms with E-state index in [1.54, 1.807) is 28.8 Å². The van der Waals surface area contributed by atoms with Gasteiger partial charge in [-0.15, -0.1) is 0 Å². The third kappa shape index (κ3) is 3.97. The van der Waals surface area contributed by atoms with Gasteiger partial charge in [0.1, 0.15) is 5.75 Å². The number of halogens is 2. The summed E-state index contributed by atoms with van der Waals surface area (Å²) in [6, 6.07) is 9.13. The minimum absolute atomic E-state index is 0.0944. The van der Waals surface area contributed by atoms with Gasteiger partial charge in [0.25, 0.3) is 5.56 Å². The van der Waals surface area contributed by atoms with E-state index in [0.717, 1.165) is 38.2 Å². The molecular weight excluding hydrogens is 383 g/mol. The highest BCUT2D eigenvalue weighted by Crippen LogP contribution is 2.52. The second-order valence-electron chi connectivity index (χ2n) is 7.55. The molecule has 2 fully saturated rings. The fourth-order valence-electron chi connectivity index (χ4n) is 4.09. The zero-order valence-corrected chi connectivity index (χ0v) is 16.9. The maximum Gasteiger partial charge on any atom is 0.252 e. The Bertz CT molecular complexity index is 871. The van der Waals surface area contributed by atoms with Gasteiger partial charge in [-0.05, 0) is 36.5 Å². The molecule has 0 radical (unpaired) electrons. The van der Waals surface area contributed by atoms with Gasteiger partial charge in [0.15, 0.2) is 0 Å². The average molecular weight is 407 g/mol. The molecule has 1 saturated heterocycles. The SMILES string of the molecule is CCCCn1ccc(N2C[C@@H]3[C@H](COc4cc(Cl)ccc4Cl)[C@@H]3C2)cc1=O. The Balaban J connectivity index is 1.31. The number of aromatic nitrogens is 1. The molecule has 1 aliphatic carbocycles. The summed E-state index contributed by atoms with van der Waals surface area (Å²) in [5.74, 6) is 2.47. The van der Waals surface area contributed by atoms with Gasteiger partial charge in [0.05, 0.1) is 11.6 Å². The summed E-state index contributed by atoms with van der Waals surface area (Å²) in [5.41, 5.74) is 1.13. The zero-order valence-electron chi connectivity index (χ0n) is 15.4. The highest BCUT2D eigenvalue weighted by Gasteiger charge is 2.56. The second kappa shape index (κ2) is 7.76. The maximum absolute atomic E-state index is 12.3. The molecule has 1 aliphatic heterocycles. The number of hydrogen-bond acceptors (Lipinski definition) is 3. The number of unbranched alkanes of at least 4 members (excludes halogenated alkanes) is 1. The van der Waals surface area contributed by atoms with Crippen LogP contribution >= 0.6 is 23.2 Å². The molecule has 3 atom stereocenters. The molecule has 1 saturated carbocycles. The minimum Gasteiger partial charge on any atom is -0.492 e. The lowest BCUT2D eigenvalue weighted by Crippen LogP contribution is -2.28. The molecule has 0 unspecified atom stereocenters. The third-order valence-electron chi connectivity index (χ3n) is 5.79. The Kier molecular flexibility index (Phi) is 5.38. The van der Waals surface area contributed by atoms with Crippen molar-refractivity contribution in [1.82, 2.24) is 4.57 Å². The summed E-state index contributed by atoms with van der Waals surface area (Å²) in [6.45, 7) is 5.57. The second-order valence-corrected chi connectivity index (χ2v) is 8.40. The zero-order chi connectivity index (χ0) is 19.0. The van der Waals surface area contributed by atoms with E-state index in [1.807, 2.05) is 6.20 Å². The van der Waals surface area contributed by atoms with E-state index in [9.17, 15) is 4.79 Å². The summed E-state index contributed by atoms with van der Waals surface area (Å²) in [7, 11) is 0. The molecule has 1 aromatic carbocycles. The topological polar surface area (TPSA) is 34.5 Å². The summed E-state index contributed by atoms with van der Waals surface area (Å²) < 4.78 is 7.70. The number of anilines is 1. The van der Waals surface area contributed by atoms with E-state index in [2.05, 4.69) is 17.9 Å². The highest BCUT2D eigenvalue weighted by molar-refractivity contribution is 6.34. The van der Waals surface area contributed by atoms with Gasteiger partial charge in [0.2, 0.25) is 0 Å². The van der Waals surface area contributed by atoms with Crippen molar-refractivity contribution < 1.29 is 4.74 Å². The van der Waals surface area contributed by atoms with Gasteiger partial charge in [0, 0.05) is 54.6 Å². The number of nitrogens with zero attached hydrogens (tertiary/aromatic N) is 2. The van der Waals surface area contributed by atoms with E-state index < -0.39 is 0 Å². The van der Waals surface area contributed by atoms with Crippen LogP contribution in [0.2, 0.25) is 10.0 Å². The number of fused-ring (bicyclic) bond motifs is 1. The Morgan fingerprint density at radius 2 is 1.93 bits per heavy atom. The van der Waals surface area contributed by atoms with E-state index >= 15 is 0 Å². The number of piperidine rings is 1. The van der Waals surface area contributed by atoms with Crippen LogP contribution in [0.25, 0.3) is 0 Å². The standard InChI is InChI=1S/C21H24Cl2N2O2/c1-2-3-7-24-8-6-15(10-21(24)26)25-11-16-17(12-25)18(16)13-27-20-9-14(22)4-5-19(20)23/h4-6,8-10,16-18H,2-3,7,11-13H2,1H3/t16-,17+,18-. The van der Waals surface area contributed by atoms with Crippen LogP contribution in [0.15, 0.2) is 41.3 Å². The van der Waals surface area contributed by atoms with Crippen LogP contribution in [-0.2, 0) is 6.54 Å². The predicted octanol–water partition coefficient (Wildman–Crippen LogP) is 4.72. The Morgan fingerprint density at radius 3 is 2.63 bits per heavy atom. The van der Waals surface area contributed by atoms with Crippen LogP contribution in [0.3, 0.4) is 0 Å². The molecule has 2 heterocycles. The molecule has 2 aromatic rings. The first kappa shape index (κ1) is 18.7. The van der Waals surface area contributed by atoms with Crippen molar-refractivity contribution in [3.8, 4) is 5.75 Å². The molecule has 2 aliphatic rings. The molecule has 0 bridgehead atoms. The lowest BCUT2D eigenvalue weighted by molar-refractivity contribution is 0.283. The first-order valence-corrected chi connectivity index (χ1v) is 10.4. The van der Waals surface area contributed by atoms with E-state index in [0.29, 0.717) is 40.2 Å². The summed E-state index contributed by atoms with van der Waals surface area (Å²) in [6.07, 6.45) is 4.05. The lowest BCUT2D eigenvalue weighted by Gasteiger charge is -2.22. The van der Waals surface area contributed by atoms with Crippen LogP contribution in [0.1, 0.15) is 19.8 Å². The maximum atomic E-state index is 12.3. The van der Waals surface area contributed by atoms with Crippen molar-refractivity contribution in [1.29, 1.82) is 0 Å². The summed E-state index contributed by atoms with van der Waals surface area (Å²) >= 11 is 12.2. The molecule has 6 heteroatoms. The van der Waals surface area contributed by atoms with Crippen molar-refractivity contribution in [3.63, 3.8) is 0 Å². The van der Waals surface area contributed by atoms with Crippen molar-refractivity contribution >= 4 is 28.9 Å². The molecule has 4 nitrogen and oxygen atoms in total. The van der Waals surface area contributed by atoms with Gasteiger partial charge >= 0.3 is 0 Å². The largest absolute Gasteiger partial charge is 0.492 e. The first-order valence-electron chi connectivity index (χ1n) is 9.60. The monoisotopic (exact) mass is 406 g/mol. The Hall–Kier alpha value is -1.65.